The summed E-state index contributed by atoms with van der Waals surface area (Å²) in [5.74, 6) is 0. The van der Waals surface area contributed by atoms with E-state index in [1.165, 1.54) is 38.8 Å². The summed E-state index contributed by atoms with van der Waals surface area (Å²) in [6, 6.07) is 1.76. The van der Waals surface area contributed by atoms with E-state index in [1.807, 2.05) is 11.8 Å². The van der Waals surface area contributed by atoms with E-state index >= 15 is 0 Å². The molecule has 0 spiro atoms. The quantitative estimate of drug-likeness (QED) is 0.848. The molecule has 6 nitrogen and oxygen atoms in total. The van der Waals surface area contributed by atoms with Crippen LogP contribution in [-0.4, -0.2) is 80.0 Å². The van der Waals surface area contributed by atoms with Gasteiger partial charge in [-0.25, -0.2) is 4.79 Å². The molecule has 0 bridgehead atoms. The van der Waals surface area contributed by atoms with E-state index in [4.69, 9.17) is 9.47 Å². The van der Waals surface area contributed by atoms with Gasteiger partial charge in [-0.15, -0.1) is 0 Å². The highest BCUT2D eigenvalue weighted by Gasteiger charge is 2.31. The molecule has 3 rings (SSSR count). The van der Waals surface area contributed by atoms with Crippen molar-refractivity contribution in [1.29, 1.82) is 0 Å². The van der Waals surface area contributed by atoms with Crippen molar-refractivity contribution >= 4 is 6.09 Å². The topological polar surface area (TPSA) is 54.0 Å². The molecule has 132 valence electrons. The van der Waals surface area contributed by atoms with Gasteiger partial charge in [0.25, 0.3) is 0 Å². The Hall–Kier alpha value is -0.850. The first-order valence-electron chi connectivity index (χ1n) is 9.25. The summed E-state index contributed by atoms with van der Waals surface area (Å²) in [5, 5.41) is 3.77. The normalized spacial score (nSPS) is 28.2. The second-order valence-electron chi connectivity index (χ2n) is 6.95. The number of rotatable bonds is 4. The smallest absolute Gasteiger partial charge is 0.409 e. The molecule has 3 aliphatic rings. The van der Waals surface area contributed by atoms with Gasteiger partial charge in [0.2, 0.25) is 0 Å². The lowest BCUT2D eigenvalue weighted by Crippen LogP contribution is -2.50. The fourth-order valence-electron chi connectivity index (χ4n) is 4.09. The fourth-order valence-corrected chi connectivity index (χ4v) is 4.09. The summed E-state index contributed by atoms with van der Waals surface area (Å²) in [5.41, 5.74) is 0. The first kappa shape index (κ1) is 17.0. The van der Waals surface area contributed by atoms with Crippen LogP contribution >= 0.6 is 0 Å². The van der Waals surface area contributed by atoms with Crippen LogP contribution in [0.15, 0.2) is 0 Å². The third kappa shape index (κ3) is 4.58. The van der Waals surface area contributed by atoms with Crippen LogP contribution in [0.5, 0.6) is 0 Å². The van der Waals surface area contributed by atoms with Gasteiger partial charge in [0.05, 0.1) is 6.61 Å². The zero-order valence-corrected chi connectivity index (χ0v) is 14.3. The van der Waals surface area contributed by atoms with Gasteiger partial charge in [0.15, 0.2) is 0 Å². The molecule has 0 radical (unpaired) electrons. The van der Waals surface area contributed by atoms with Crippen molar-refractivity contribution < 1.29 is 14.3 Å². The molecule has 0 aliphatic carbocycles. The average molecular weight is 325 g/mol. The largest absolute Gasteiger partial charge is 0.450 e. The van der Waals surface area contributed by atoms with E-state index in [-0.39, 0.29) is 6.09 Å². The molecule has 3 saturated heterocycles. The Morgan fingerprint density at radius 3 is 2.48 bits per heavy atom. The molecule has 0 saturated carbocycles. The number of ether oxygens (including phenoxy) is 2. The van der Waals surface area contributed by atoms with Crippen molar-refractivity contribution in [3.8, 4) is 0 Å². The number of amides is 1. The number of piperidine rings is 1. The van der Waals surface area contributed by atoms with Gasteiger partial charge in [-0.2, -0.15) is 0 Å². The van der Waals surface area contributed by atoms with Crippen LogP contribution < -0.4 is 5.32 Å². The third-order valence-corrected chi connectivity index (χ3v) is 5.42. The van der Waals surface area contributed by atoms with E-state index in [1.54, 1.807) is 0 Å². The van der Waals surface area contributed by atoms with Gasteiger partial charge in [0.1, 0.15) is 0 Å². The molecular formula is C17H31N3O3. The number of hydrogen-bond donors (Lipinski definition) is 1. The van der Waals surface area contributed by atoms with Crippen molar-refractivity contribution in [3.05, 3.63) is 0 Å². The monoisotopic (exact) mass is 325 g/mol. The molecule has 3 aliphatic heterocycles. The predicted molar refractivity (Wildman–Crippen MR) is 88.6 cm³/mol. The van der Waals surface area contributed by atoms with Crippen LogP contribution in [0.2, 0.25) is 0 Å². The highest BCUT2D eigenvalue weighted by Crippen LogP contribution is 2.21. The minimum Gasteiger partial charge on any atom is -0.450 e. The van der Waals surface area contributed by atoms with Crippen molar-refractivity contribution in [1.82, 2.24) is 15.1 Å². The van der Waals surface area contributed by atoms with Crippen LogP contribution in [-0.2, 0) is 9.47 Å². The Morgan fingerprint density at radius 1 is 1.09 bits per heavy atom. The van der Waals surface area contributed by atoms with Crippen molar-refractivity contribution in [2.45, 2.75) is 57.2 Å². The van der Waals surface area contributed by atoms with Crippen LogP contribution in [0.3, 0.4) is 0 Å². The van der Waals surface area contributed by atoms with Crippen LogP contribution in [0, 0.1) is 0 Å². The molecule has 6 heteroatoms. The van der Waals surface area contributed by atoms with Crippen LogP contribution in [0.4, 0.5) is 4.79 Å². The highest BCUT2D eigenvalue weighted by molar-refractivity contribution is 5.68. The molecule has 1 N–H and O–H groups in total. The Morgan fingerprint density at radius 2 is 1.78 bits per heavy atom. The zero-order chi connectivity index (χ0) is 16.1. The molecule has 1 amide bonds. The van der Waals surface area contributed by atoms with Gasteiger partial charge >= 0.3 is 6.09 Å². The molecule has 1 atom stereocenters. The molecular weight excluding hydrogens is 294 g/mol. The molecule has 0 aromatic heterocycles. The van der Waals surface area contributed by atoms with Gasteiger partial charge in [-0.3, -0.25) is 0 Å². The van der Waals surface area contributed by atoms with E-state index in [9.17, 15) is 4.79 Å². The number of carbonyl (C=O) groups excluding carboxylic acids is 1. The Balaban J connectivity index is 1.37. The molecule has 23 heavy (non-hydrogen) atoms. The summed E-state index contributed by atoms with van der Waals surface area (Å²) in [6.45, 7) is 8.15. The maximum atomic E-state index is 11.8. The second kappa shape index (κ2) is 8.31. The lowest BCUT2D eigenvalue weighted by molar-refractivity contribution is 0.0233. The number of carbonyl (C=O) groups is 1. The van der Waals surface area contributed by atoms with E-state index in [0.717, 1.165) is 38.8 Å². The number of nitrogens with one attached hydrogen (secondary N) is 1. The summed E-state index contributed by atoms with van der Waals surface area (Å²) in [6.07, 6.45) is 5.69. The first-order chi connectivity index (χ1) is 11.3. The Labute approximate surface area is 139 Å². The highest BCUT2D eigenvalue weighted by atomic mass is 16.6. The fraction of sp³-hybridized carbons (Fsp3) is 0.941. The molecule has 3 fully saturated rings. The summed E-state index contributed by atoms with van der Waals surface area (Å²) < 4.78 is 10.6. The van der Waals surface area contributed by atoms with Crippen molar-refractivity contribution in [2.75, 3.05) is 46.0 Å². The van der Waals surface area contributed by atoms with E-state index in [2.05, 4.69) is 10.2 Å². The second-order valence-corrected chi connectivity index (χ2v) is 6.95. The Bertz CT molecular complexity index is 379. The van der Waals surface area contributed by atoms with E-state index < -0.39 is 0 Å². The van der Waals surface area contributed by atoms with Gasteiger partial charge < -0.3 is 24.6 Å². The lowest BCUT2D eigenvalue weighted by atomic mass is 9.99. The van der Waals surface area contributed by atoms with Gasteiger partial charge in [0, 0.05) is 44.4 Å². The number of hydrogen-bond acceptors (Lipinski definition) is 5. The summed E-state index contributed by atoms with van der Waals surface area (Å²) >= 11 is 0. The lowest BCUT2D eigenvalue weighted by Gasteiger charge is -2.40. The minimum atomic E-state index is -0.161. The van der Waals surface area contributed by atoms with Gasteiger partial charge in [-0.05, 0) is 52.1 Å². The van der Waals surface area contributed by atoms with Crippen LogP contribution in [0.25, 0.3) is 0 Å². The third-order valence-electron chi connectivity index (χ3n) is 5.42. The van der Waals surface area contributed by atoms with Crippen LogP contribution in [0.1, 0.15) is 39.0 Å². The summed E-state index contributed by atoms with van der Waals surface area (Å²) in [7, 11) is 0. The standard InChI is InChI=1S/C17H31N3O3/c1-2-23-17(21)20-10-5-15(13-20)18-14-3-8-19(9-4-14)16-6-11-22-12-7-16/h14-16,18H,2-13H2,1H3. The van der Waals surface area contributed by atoms with Crippen molar-refractivity contribution in [2.24, 2.45) is 0 Å². The van der Waals surface area contributed by atoms with E-state index in [0.29, 0.717) is 18.7 Å². The molecule has 0 aromatic rings. The molecule has 1 unspecified atom stereocenters. The summed E-state index contributed by atoms with van der Waals surface area (Å²) in [4.78, 5) is 16.2. The van der Waals surface area contributed by atoms with Gasteiger partial charge in [-0.1, -0.05) is 0 Å². The minimum absolute atomic E-state index is 0.161. The Kier molecular flexibility index (Phi) is 6.14. The maximum absolute atomic E-state index is 11.8. The molecule has 0 aromatic carbocycles. The number of nitrogens with zero attached hydrogens (tertiary/aromatic N) is 2. The molecule has 3 heterocycles. The SMILES string of the molecule is CCOC(=O)N1CCC(NC2CCN(C3CCOCC3)CC2)C1. The maximum Gasteiger partial charge on any atom is 0.409 e. The predicted octanol–water partition coefficient (Wildman–Crippen LogP) is 1.45. The zero-order valence-electron chi connectivity index (χ0n) is 14.3. The first-order valence-corrected chi connectivity index (χ1v) is 9.25. The average Bonchev–Trinajstić information content (AvgIpc) is 3.05. The number of likely N-dealkylation sites (tertiary alicyclic amines) is 2. The van der Waals surface area contributed by atoms with Crippen molar-refractivity contribution in [3.63, 3.8) is 0 Å².